The van der Waals surface area contributed by atoms with E-state index in [1.165, 1.54) is 17.5 Å². The Hall–Kier alpha value is -0.520. The second-order valence-electron chi connectivity index (χ2n) is 2.07. The molecular weight excluding hydrogens is 166 g/mol. The van der Waals surface area contributed by atoms with Gasteiger partial charge in [-0.05, 0) is 6.08 Å². The van der Waals surface area contributed by atoms with Gasteiger partial charge in [-0.15, -0.1) is 0 Å². The molecule has 0 bridgehead atoms. The predicted molar refractivity (Wildman–Crippen MR) is 40.9 cm³/mol. The molecule has 0 N–H and O–H groups in total. The molecule has 0 aromatic carbocycles. The molecule has 0 saturated carbocycles. The number of rotatable bonds is 2. The number of hydrogen-bond acceptors (Lipinski definition) is 3. The van der Waals surface area contributed by atoms with Crippen LogP contribution in [-0.4, -0.2) is 34.5 Å². The van der Waals surface area contributed by atoms with Gasteiger partial charge >= 0.3 is 0 Å². The van der Waals surface area contributed by atoms with Crippen LogP contribution in [-0.2, 0) is 20.2 Å². The van der Waals surface area contributed by atoms with Gasteiger partial charge in [-0.2, -0.15) is 4.31 Å². The van der Waals surface area contributed by atoms with E-state index in [4.69, 9.17) is 0 Å². The molecule has 0 spiro atoms. The number of ketones is 1. The van der Waals surface area contributed by atoms with Gasteiger partial charge < -0.3 is 0 Å². The zero-order valence-electron chi connectivity index (χ0n) is 6.15. The second kappa shape index (κ2) is 3.75. The largest absolute Gasteiger partial charge is 0.293 e. The molecule has 0 aromatic heterocycles. The van der Waals surface area contributed by atoms with E-state index in [1.54, 1.807) is 6.08 Å². The van der Waals surface area contributed by atoms with Crippen molar-refractivity contribution in [3.8, 4) is 0 Å². The van der Waals surface area contributed by atoms with E-state index in [2.05, 4.69) is 4.18 Å². The van der Waals surface area contributed by atoms with E-state index in [0.29, 0.717) is 6.54 Å². The van der Waals surface area contributed by atoms with Crippen LogP contribution in [0, 0.1) is 0 Å². The summed E-state index contributed by atoms with van der Waals surface area (Å²) in [7, 11) is 1.35. The Morgan fingerprint density at radius 1 is 1.73 bits per heavy atom. The fourth-order valence-electron chi connectivity index (χ4n) is 0.812. The molecule has 0 amide bonds. The van der Waals surface area contributed by atoms with Crippen molar-refractivity contribution in [2.24, 2.45) is 0 Å². The summed E-state index contributed by atoms with van der Waals surface area (Å²) in [6.45, 7) is 0.684. The van der Waals surface area contributed by atoms with Gasteiger partial charge in [0, 0.05) is 6.54 Å². The molecule has 0 fully saturated rings. The average molecular weight is 175 g/mol. The molecule has 11 heavy (non-hydrogen) atoms. The maximum absolute atomic E-state index is 10.9. The maximum Gasteiger partial charge on any atom is 0.237 e. The van der Waals surface area contributed by atoms with Crippen molar-refractivity contribution < 1.29 is 13.2 Å². The highest BCUT2D eigenvalue weighted by Gasteiger charge is 2.17. The highest BCUT2D eigenvalue weighted by molar-refractivity contribution is 7.77. The smallest absolute Gasteiger partial charge is 0.237 e. The fraction of sp³-hybridized carbons (Fsp3) is 0.500. The molecule has 1 atom stereocenters. The molecule has 62 valence electrons. The van der Waals surface area contributed by atoms with Crippen molar-refractivity contribution in [2.45, 2.75) is 0 Å². The van der Waals surface area contributed by atoms with Crippen LogP contribution in [0.15, 0.2) is 12.2 Å². The van der Waals surface area contributed by atoms with Crippen LogP contribution in [0.4, 0.5) is 0 Å². The first-order valence-corrected chi connectivity index (χ1v) is 4.18. The molecule has 1 unspecified atom stereocenters. The van der Waals surface area contributed by atoms with E-state index in [-0.39, 0.29) is 12.3 Å². The Balaban J connectivity index is 2.56. The lowest BCUT2D eigenvalue weighted by Gasteiger charge is -2.18. The van der Waals surface area contributed by atoms with Gasteiger partial charge in [0.05, 0.1) is 13.7 Å². The zero-order valence-corrected chi connectivity index (χ0v) is 6.97. The van der Waals surface area contributed by atoms with Crippen molar-refractivity contribution in [1.29, 1.82) is 0 Å². The first-order chi connectivity index (χ1) is 5.24. The van der Waals surface area contributed by atoms with Crippen molar-refractivity contribution in [3.05, 3.63) is 12.2 Å². The van der Waals surface area contributed by atoms with E-state index >= 15 is 0 Å². The minimum Gasteiger partial charge on any atom is -0.293 e. The SMILES string of the molecule is COS(=O)N1CC=CC(=O)C1. The van der Waals surface area contributed by atoms with E-state index in [0.717, 1.165) is 0 Å². The van der Waals surface area contributed by atoms with Crippen LogP contribution in [0.1, 0.15) is 0 Å². The molecule has 1 heterocycles. The van der Waals surface area contributed by atoms with E-state index in [9.17, 15) is 9.00 Å². The standard InChI is InChI=1S/C6H9NO3S/c1-10-11(9)7-4-2-3-6(8)5-7/h2-3H,4-5H2,1H3. The lowest BCUT2D eigenvalue weighted by atomic mass is 10.3. The zero-order chi connectivity index (χ0) is 8.27. The third kappa shape index (κ3) is 2.21. The summed E-state index contributed by atoms with van der Waals surface area (Å²) < 4.78 is 16.9. The normalized spacial score (nSPS) is 22.1. The third-order valence-corrected chi connectivity index (χ3v) is 2.28. The summed E-state index contributed by atoms with van der Waals surface area (Å²) in [5.41, 5.74) is 0. The van der Waals surface area contributed by atoms with Gasteiger partial charge in [-0.1, -0.05) is 6.08 Å². The van der Waals surface area contributed by atoms with Gasteiger partial charge in [0.1, 0.15) is 0 Å². The highest BCUT2D eigenvalue weighted by Crippen LogP contribution is 2.01. The third-order valence-electron chi connectivity index (χ3n) is 1.30. The predicted octanol–water partition coefficient (Wildman–Crippen LogP) is -0.348. The topological polar surface area (TPSA) is 46.6 Å². The van der Waals surface area contributed by atoms with Crippen molar-refractivity contribution in [1.82, 2.24) is 4.31 Å². The quantitative estimate of drug-likeness (QED) is 0.576. The first kappa shape index (κ1) is 8.58. The molecule has 1 rings (SSSR count). The summed E-state index contributed by atoms with van der Waals surface area (Å²) in [6.07, 6.45) is 3.16. The van der Waals surface area contributed by atoms with Crippen molar-refractivity contribution in [3.63, 3.8) is 0 Å². The molecule has 0 saturated heterocycles. The number of carbonyl (C=O) groups is 1. The van der Waals surface area contributed by atoms with Crippen LogP contribution >= 0.6 is 0 Å². The van der Waals surface area contributed by atoms with E-state index in [1.807, 2.05) is 0 Å². The Morgan fingerprint density at radius 2 is 2.45 bits per heavy atom. The van der Waals surface area contributed by atoms with Crippen LogP contribution < -0.4 is 0 Å². The van der Waals surface area contributed by atoms with Crippen LogP contribution in [0.3, 0.4) is 0 Å². The molecule has 4 nitrogen and oxygen atoms in total. The van der Waals surface area contributed by atoms with Crippen LogP contribution in [0.2, 0.25) is 0 Å². The van der Waals surface area contributed by atoms with Gasteiger partial charge in [0.25, 0.3) is 0 Å². The molecule has 0 radical (unpaired) electrons. The molecule has 1 aliphatic rings. The monoisotopic (exact) mass is 175 g/mol. The minimum atomic E-state index is -1.47. The maximum atomic E-state index is 10.9. The van der Waals surface area contributed by atoms with Gasteiger partial charge in [-0.3, -0.25) is 8.98 Å². The summed E-state index contributed by atoms with van der Waals surface area (Å²) in [5.74, 6) is -0.0401. The van der Waals surface area contributed by atoms with Crippen LogP contribution in [0.5, 0.6) is 0 Å². The first-order valence-electron chi connectivity index (χ1n) is 3.14. The number of hydrogen-bond donors (Lipinski definition) is 0. The fourth-order valence-corrected chi connectivity index (χ4v) is 1.46. The summed E-state index contributed by atoms with van der Waals surface area (Å²) in [5, 5.41) is 0. The Morgan fingerprint density at radius 3 is 3.00 bits per heavy atom. The Bertz CT molecular complexity index is 214. The Labute approximate surface area is 67.6 Å². The second-order valence-corrected chi connectivity index (χ2v) is 3.36. The molecule has 5 heteroatoms. The number of nitrogens with zero attached hydrogens (tertiary/aromatic N) is 1. The molecule has 0 aliphatic carbocycles. The highest BCUT2D eigenvalue weighted by atomic mass is 32.2. The Kier molecular flexibility index (Phi) is 2.92. The van der Waals surface area contributed by atoms with Crippen LogP contribution in [0.25, 0.3) is 0 Å². The van der Waals surface area contributed by atoms with Gasteiger partial charge in [0.15, 0.2) is 5.78 Å². The van der Waals surface area contributed by atoms with E-state index < -0.39 is 11.3 Å². The van der Waals surface area contributed by atoms with Gasteiger partial charge in [0.2, 0.25) is 11.3 Å². The molecule has 1 aliphatic heterocycles. The van der Waals surface area contributed by atoms with Crippen molar-refractivity contribution >= 4 is 17.0 Å². The molecule has 0 aromatic rings. The summed E-state index contributed by atoms with van der Waals surface area (Å²) >= 11 is -1.47. The lowest BCUT2D eigenvalue weighted by molar-refractivity contribution is -0.115. The number of carbonyl (C=O) groups excluding carboxylic acids is 1. The minimum absolute atomic E-state index is 0.0401. The van der Waals surface area contributed by atoms with Gasteiger partial charge in [-0.25, -0.2) is 4.21 Å². The lowest BCUT2D eigenvalue weighted by Crippen LogP contribution is -2.34. The summed E-state index contributed by atoms with van der Waals surface area (Å²) in [6, 6.07) is 0. The summed E-state index contributed by atoms with van der Waals surface area (Å²) in [4.78, 5) is 10.8. The average Bonchev–Trinajstić information content (AvgIpc) is 2.03. The van der Waals surface area contributed by atoms with Crippen molar-refractivity contribution in [2.75, 3.05) is 20.2 Å². The molecular formula is C6H9NO3S.